The monoisotopic (exact) mass is 293 g/mol. The standard InChI is InChI=1S/C14H19N3O4/c1-3-5-15-13(18)10-7-11(14(19)16-6-4-2)9-12(8-10)17(20)21/h7-9H,3-6H2,1-2H3,(H,15,18)(H,16,19). The van der Waals surface area contributed by atoms with Crippen molar-refractivity contribution < 1.29 is 14.5 Å². The van der Waals surface area contributed by atoms with E-state index in [1.54, 1.807) is 0 Å². The average molecular weight is 293 g/mol. The van der Waals surface area contributed by atoms with Crippen LogP contribution < -0.4 is 10.6 Å². The summed E-state index contributed by atoms with van der Waals surface area (Å²) in [7, 11) is 0. The van der Waals surface area contributed by atoms with Crippen LogP contribution in [0.4, 0.5) is 5.69 Å². The van der Waals surface area contributed by atoms with Crippen molar-refractivity contribution in [2.45, 2.75) is 26.7 Å². The molecule has 7 nitrogen and oxygen atoms in total. The summed E-state index contributed by atoms with van der Waals surface area (Å²) in [5, 5.41) is 16.2. The fraction of sp³-hybridized carbons (Fsp3) is 0.429. The first-order chi connectivity index (χ1) is 9.99. The largest absolute Gasteiger partial charge is 0.352 e. The van der Waals surface area contributed by atoms with Crippen molar-refractivity contribution >= 4 is 17.5 Å². The molecule has 7 heteroatoms. The van der Waals surface area contributed by atoms with Gasteiger partial charge in [0, 0.05) is 36.3 Å². The number of nitro groups is 1. The zero-order valence-electron chi connectivity index (χ0n) is 12.1. The second kappa shape index (κ2) is 7.98. The molecular formula is C14H19N3O4. The first-order valence-corrected chi connectivity index (χ1v) is 6.85. The van der Waals surface area contributed by atoms with Gasteiger partial charge in [-0.05, 0) is 18.9 Å². The van der Waals surface area contributed by atoms with Crippen molar-refractivity contribution in [3.05, 3.63) is 39.4 Å². The molecule has 114 valence electrons. The van der Waals surface area contributed by atoms with Gasteiger partial charge in [0.1, 0.15) is 0 Å². The smallest absolute Gasteiger partial charge is 0.271 e. The molecule has 2 amide bonds. The number of rotatable bonds is 7. The molecule has 1 aromatic carbocycles. The van der Waals surface area contributed by atoms with Crippen LogP contribution in [0.1, 0.15) is 47.4 Å². The Morgan fingerprint density at radius 3 is 1.76 bits per heavy atom. The highest BCUT2D eigenvalue weighted by molar-refractivity contribution is 6.00. The highest BCUT2D eigenvalue weighted by Gasteiger charge is 2.17. The van der Waals surface area contributed by atoms with Gasteiger partial charge in [0.15, 0.2) is 0 Å². The van der Waals surface area contributed by atoms with E-state index in [2.05, 4.69) is 10.6 Å². The van der Waals surface area contributed by atoms with Gasteiger partial charge in [-0.25, -0.2) is 0 Å². The van der Waals surface area contributed by atoms with Gasteiger partial charge in [-0.3, -0.25) is 19.7 Å². The Hall–Kier alpha value is -2.44. The third kappa shape index (κ3) is 4.87. The number of nitro benzene ring substituents is 1. The molecule has 0 aliphatic rings. The maximum Gasteiger partial charge on any atom is 0.271 e. The third-order valence-electron chi connectivity index (χ3n) is 2.72. The van der Waals surface area contributed by atoms with E-state index in [9.17, 15) is 19.7 Å². The second-order valence-corrected chi connectivity index (χ2v) is 4.54. The average Bonchev–Trinajstić information content (AvgIpc) is 2.49. The number of carbonyl (C=O) groups excluding carboxylic acids is 2. The van der Waals surface area contributed by atoms with E-state index in [-0.39, 0.29) is 16.8 Å². The van der Waals surface area contributed by atoms with Crippen molar-refractivity contribution in [1.29, 1.82) is 0 Å². The van der Waals surface area contributed by atoms with Crippen molar-refractivity contribution in [3.8, 4) is 0 Å². The Labute approximate surface area is 122 Å². The van der Waals surface area contributed by atoms with Crippen molar-refractivity contribution in [3.63, 3.8) is 0 Å². The van der Waals surface area contributed by atoms with E-state index >= 15 is 0 Å². The Balaban J connectivity index is 3.08. The van der Waals surface area contributed by atoms with E-state index in [1.165, 1.54) is 18.2 Å². The van der Waals surface area contributed by atoms with Gasteiger partial charge in [0.25, 0.3) is 17.5 Å². The van der Waals surface area contributed by atoms with E-state index in [0.29, 0.717) is 13.1 Å². The van der Waals surface area contributed by atoms with Gasteiger partial charge in [-0.2, -0.15) is 0 Å². The van der Waals surface area contributed by atoms with E-state index in [4.69, 9.17) is 0 Å². The number of hydrogen-bond donors (Lipinski definition) is 2. The predicted octanol–water partition coefficient (Wildman–Crippen LogP) is 1.87. The van der Waals surface area contributed by atoms with Gasteiger partial charge < -0.3 is 10.6 Å². The molecule has 0 atom stereocenters. The van der Waals surface area contributed by atoms with E-state index in [1.807, 2.05) is 13.8 Å². The molecule has 0 saturated heterocycles. The molecule has 2 N–H and O–H groups in total. The van der Waals surface area contributed by atoms with E-state index < -0.39 is 16.7 Å². The normalized spacial score (nSPS) is 10.0. The van der Waals surface area contributed by atoms with Gasteiger partial charge >= 0.3 is 0 Å². The first kappa shape index (κ1) is 16.6. The highest BCUT2D eigenvalue weighted by Crippen LogP contribution is 2.17. The van der Waals surface area contributed by atoms with Crippen molar-refractivity contribution in [2.75, 3.05) is 13.1 Å². The molecule has 21 heavy (non-hydrogen) atoms. The number of nitrogens with zero attached hydrogens (tertiary/aromatic N) is 1. The lowest BCUT2D eigenvalue weighted by Gasteiger charge is -2.07. The molecule has 0 aliphatic carbocycles. The molecule has 0 saturated carbocycles. The maximum absolute atomic E-state index is 11.9. The molecule has 0 bridgehead atoms. The van der Waals surface area contributed by atoms with Crippen LogP contribution in [0.5, 0.6) is 0 Å². The number of nitrogens with one attached hydrogen (secondary N) is 2. The van der Waals surface area contributed by atoms with Crippen LogP contribution in [-0.2, 0) is 0 Å². The van der Waals surface area contributed by atoms with Crippen LogP contribution >= 0.6 is 0 Å². The second-order valence-electron chi connectivity index (χ2n) is 4.54. The third-order valence-corrected chi connectivity index (χ3v) is 2.72. The molecule has 0 spiro atoms. The molecule has 0 fully saturated rings. The van der Waals surface area contributed by atoms with Crippen LogP contribution in [0, 0.1) is 10.1 Å². The highest BCUT2D eigenvalue weighted by atomic mass is 16.6. The summed E-state index contributed by atoms with van der Waals surface area (Å²) in [6.07, 6.45) is 1.51. The zero-order chi connectivity index (χ0) is 15.8. The Bertz CT molecular complexity index is 505. The van der Waals surface area contributed by atoms with E-state index in [0.717, 1.165) is 12.8 Å². The van der Waals surface area contributed by atoms with Gasteiger partial charge in [0.05, 0.1) is 4.92 Å². The Kier molecular flexibility index (Phi) is 6.32. The number of benzene rings is 1. The summed E-state index contributed by atoms with van der Waals surface area (Å²) in [4.78, 5) is 34.1. The molecule has 0 radical (unpaired) electrons. The Morgan fingerprint density at radius 2 is 1.43 bits per heavy atom. The van der Waals surface area contributed by atoms with Crippen molar-refractivity contribution in [1.82, 2.24) is 10.6 Å². The minimum atomic E-state index is -0.618. The lowest BCUT2D eigenvalue weighted by atomic mass is 10.1. The van der Waals surface area contributed by atoms with Gasteiger partial charge in [-0.15, -0.1) is 0 Å². The predicted molar refractivity (Wildman–Crippen MR) is 78.3 cm³/mol. The molecule has 0 aromatic heterocycles. The fourth-order valence-electron chi connectivity index (χ4n) is 1.66. The Morgan fingerprint density at radius 1 is 1.00 bits per heavy atom. The molecular weight excluding hydrogens is 274 g/mol. The van der Waals surface area contributed by atoms with Crippen LogP contribution in [0.2, 0.25) is 0 Å². The number of carbonyl (C=O) groups is 2. The first-order valence-electron chi connectivity index (χ1n) is 6.85. The maximum atomic E-state index is 11.9. The van der Waals surface area contributed by atoms with Crippen LogP contribution in [0.25, 0.3) is 0 Å². The molecule has 0 heterocycles. The molecule has 0 aliphatic heterocycles. The molecule has 0 unspecified atom stereocenters. The number of hydrogen-bond acceptors (Lipinski definition) is 4. The quantitative estimate of drug-likeness (QED) is 0.592. The molecule has 1 rings (SSSR count). The van der Waals surface area contributed by atoms with Crippen LogP contribution in [0.15, 0.2) is 18.2 Å². The summed E-state index contributed by atoms with van der Waals surface area (Å²) >= 11 is 0. The SMILES string of the molecule is CCCNC(=O)c1cc(C(=O)NCCC)cc([N+](=O)[O-])c1. The van der Waals surface area contributed by atoms with Gasteiger partial charge in [0.2, 0.25) is 0 Å². The van der Waals surface area contributed by atoms with Gasteiger partial charge in [-0.1, -0.05) is 13.8 Å². The van der Waals surface area contributed by atoms with Crippen molar-refractivity contribution in [2.24, 2.45) is 0 Å². The topological polar surface area (TPSA) is 101 Å². The fourth-order valence-corrected chi connectivity index (χ4v) is 1.66. The minimum absolute atomic E-state index is 0.110. The lowest BCUT2D eigenvalue weighted by Crippen LogP contribution is -2.26. The minimum Gasteiger partial charge on any atom is -0.352 e. The summed E-state index contributed by atoms with van der Waals surface area (Å²) < 4.78 is 0. The zero-order valence-corrected chi connectivity index (χ0v) is 12.1. The summed E-state index contributed by atoms with van der Waals surface area (Å²) in [6.45, 7) is 4.74. The van der Waals surface area contributed by atoms with Crippen LogP contribution in [0.3, 0.4) is 0 Å². The lowest BCUT2D eigenvalue weighted by molar-refractivity contribution is -0.384. The summed E-state index contributed by atoms with van der Waals surface area (Å²) in [5.41, 5.74) is -0.0561. The number of non-ortho nitro benzene ring substituents is 1. The molecule has 1 aromatic rings. The number of amides is 2. The van der Waals surface area contributed by atoms with Crippen LogP contribution in [-0.4, -0.2) is 29.8 Å². The summed E-state index contributed by atoms with van der Waals surface area (Å²) in [5.74, 6) is -0.852. The summed E-state index contributed by atoms with van der Waals surface area (Å²) in [6, 6.07) is 3.70.